The van der Waals surface area contributed by atoms with Gasteiger partial charge in [0.25, 0.3) is 0 Å². The summed E-state index contributed by atoms with van der Waals surface area (Å²) in [6.45, 7) is 0. The van der Waals surface area contributed by atoms with E-state index in [1.807, 2.05) is 24.3 Å². The first-order chi connectivity index (χ1) is 11.0. The van der Waals surface area contributed by atoms with Crippen LogP contribution in [0.3, 0.4) is 0 Å². The summed E-state index contributed by atoms with van der Waals surface area (Å²) < 4.78 is 0.890. The molecule has 4 nitrogen and oxygen atoms in total. The fourth-order valence-corrected chi connectivity index (χ4v) is 5.51. The second-order valence-electron chi connectivity index (χ2n) is 7.23. The standard InChI is InChI=1S/C18H20BrNO3/c19-12-3-1-2-9(7-12)13(8-14(21)22)20-18(23)17-15-10-4-5-11(6-10)16(15)17/h1-3,7,10-11,13,15-17H,4-6,8H2,(H,20,23)(H,21,22). The second-order valence-corrected chi connectivity index (χ2v) is 8.14. The number of nitrogens with one attached hydrogen (secondary N) is 1. The molecule has 0 aromatic heterocycles. The fourth-order valence-electron chi connectivity index (χ4n) is 5.09. The van der Waals surface area contributed by atoms with Crippen molar-refractivity contribution in [3.05, 3.63) is 34.3 Å². The Morgan fingerprint density at radius 1 is 1.26 bits per heavy atom. The Hall–Kier alpha value is -1.36. The molecule has 3 fully saturated rings. The number of amides is 1. The zero-order valence-corrected chi connectivity index (χ0v) is 14.3. The third-order valence-electron chi connectivity index (χ3n) is 5.98. The van der Waals surface area contributed by atoms with Gasteiger partial charge in [0.2, 0.25) is 5.91 Å². The molecule has 0 saturated heterocycles. The van der Waals surface area contributed by atoms with Crippen molar-refractivity contribution in [2.45, 2.75) is 31.7 Å². The van der Waals surface area contributed by atoms with Crippen molar-refractivity contribution in [2.75, 3.05) is 0 Å². The van der Waals surface area contributed by atoms with Gasteiger partial charge in [-0.3, -0.25) is 9.59 Å². The van der Waals surface area contributed by atoms with E-state index in [0.29, 0.717) is 11.8 Å². The van der Waals surface area contributed by atoms with E-state index in [2.05, 4.69) is 21.2 Å². The summed E-state index contributed by atoms with van der Waals surface area (Å²) in [5.41, 5.74) is 0.837. The summed E-state index contributed by atoms with van der Waals surface area (Å²) >= 11 is 3.41. The summed E-state index contributed by atoms with van der Waals surface area (Å²) in [4.78, 5) is 23.9. The molecular formula is C18H20BrNO3. The first-order valence-electron chi connectivity index (χ1n) is 8.32. The predicted molar refractivity (Wildman–Crippen MR) is 88.6 cm³/mol. The molecular weight excluding hydrogens is 358 g/mol. The molecule has 1 aromatic carbocycles. The molecule has 5 atom stereocenters. The number of carboxylic acids is 1. The first-order valence-corrected chi connectivity index (χ1v) is 9.11. The molecule has 23 heavy (non-hydrogen) atoms. The van der Waals surface area contributed by atoms with Crippen LogP contribution in [0.4, 0.5) is 0 Å². The molecule has 0 radical (unpaired) electrons. The van der Waals surface area contributed by atoms with Crippen LogP contribution in [0.1, 0.15) is 37.3 Å². The highest BCUT2D eigenvalue weighted by molar-refractivity contribution is 9.10. The summed E-state index contributed by atoms with van der Waals surface area (Å²) in [5, 5.41) is 12.2. The maximum absolute atomic E-state index is 12.7. The van der Waals surface area contributed by atoms with Crippen molar-refractivity contribution < 1.29 is 14.7 Å². The number of fused-ring (bicyclic) bond motifs is 5. The fraction of sp³-hybridized carbons (Fsp3) is 0.556. The van der Waals surface area contributed by atoms with Gasteiger partial charge in [0.1, 0.15) is 0 Å². The largest absolute Gasteiger partial charge is 0.481 e. The number of benzene rings is 1. The normalized spacial score (nSPS) is 34.7. The lowest BCUT2D eigenvalue weighted by Gasteiger charge is -2.19. The minimum Gasteiger partial charge on any atom is -0.481 e. The van der Waals surface area contributed by atoms with Gasteiger partial charge in [-0.2, -0.15) is 0 Å². The number of hydrogen-bond acceptors (Lipinski definition) is 2. The highest BCUT2D eigenvalue weighted by atomic mass is 79.9. The smallest absolute Gasteiger partial charge is 0.305 e. The van der Waals surface area contributed by atoms with Gasteiger partial charge in [-0.25, -0.2) is 0 Å². The van der Waals surface area contributed by atoms with Crippen LogP contribution in [-0.2, 0) is 9.59 Å². The van der Waals surface area contributed by atoms with Gasteiger partial charge >= 0.3 is 5.97 Å². The lowest BCUT2D eigenvalue weighted by atomic mass is 10.00. The molecule has 5 heteroatoms. The van der Waals surface area contributed by atoms with E-state index in [9.17, 15) is 14.7 Å². The third kappa shape index (κ3) is 2.69. The van der Waals surface area contributed by atoms with Gasteiger partial charge in [0, 0.05) is 10.4 Å². The van der Waals surface area contributed by atoms with Crippen molar-refractivity contribution >= 4 is 27.8 Å². The van der Waals surface area contributed by atoms with Crippen LogP contribution in [-0.4, -0.2) is 17.0 Å². The molecule has 0 aliphatic heterocycles. The van der Waals surface area contributed by atoms with E-state index >= 15 is 0 Å². The molecule has 2 N–H and O–H groups in total. The SMILES string of the molecule is O=C(O)CC(NC(=O)C1C2C3CCC(C3)C12)c1cccc(Br)c1. The molecule has 4 rings (SSSR count). The number of rotatable bonds is 5. The Labute approximate surface area is 143 Å². The van der Waals surface area contributed by atoms with E-state index in [-0.39, 0.29) is 18.2 Å². The van der Waals surface area contributed by atoms with Crippen LogP contribution < -0.4 is 5.32 Å². The van der Waals surface area contributed by atoms with Gasteiger partial charge in [-0.15, -0.1) is 0 Å². The number of carbonyl (C=O) groups excluding carboxylic acids is 1. The van der Waals surface area contributed by atoms with E-state index in [1.54, 1.807) is 0 Å². The van der Waals surface area contributed by atoms with Crippen molar-refractivity contribution in [1.82, 2.24) is 5.32 Å². The van der Waals surface area contributed by atoms with Crippen LogP contribution in [0.5, 0.6) is 0 Å². The average Bonchev–Trinajstić information content (AvgIpc) is 2.95. The maximum atomic E-state index is 12.7. The Bertz CT molecular complexity index is 645. The topological polar surface area (TPSA) is 66.4 Å². The van der Waals surface area contributed by atoms with Crippen molar-refractivity contribution in [2.24, 2.45) is 29.6 Å². The molecule has 3 saturated carbocycles. The molecule has 3 aliphatic carbocycles. The zero-order valence-electron chi connectivity index (χ0n) is 12.7. The number of aliphatic carboxylic acids is 1. The first kappa shape index (κ1) is 15.2. The molecule has 1 aromatic rings. The van der Waals surface area contributed by atoms with Crippen molar-refractivity contribution in [3.63, 3.8) is 0 Å². The minimum absolute atomic E-state index is 0.0582. The van der Waals surface area contributed by atoms with Gasteiger partial charge in [-0.05, 0) is 60.6 Å². The van der Waals surface area contributed by atoms with Crippen LogP contribution in [0, 0.1) is 29.6 Å². The third-order valence-corrected chi connectivity index (χ3v) is 6.48. The number of carbonyl (C=O) groups is 2. The highest BCUT2D eigenvalue weighted by Gasteiger charge is 2.67. The Kier molecular flexibility index (Phi) is 3.71. The minimum atomic E-state index is -0.897. The molecule has 2 bridgehead atoms. The molecule has 0 heterocycles. The van der Waals surface area contributed by atoms with Crippen LogP contribution in [0.15, 0.2) is 28.7 Å². The van der Waals surface area contributed by atoms with E-state index in [0.717, 1.165) is 21.9 Å². The Morgan fingerprint density at radius 2 is 1.96 bits per heavy atom. The maximum Gasteiger partial charge on any atom is 0.305 e. The zero-order chi connectivity index (χ0) is 16.1. The molecule has 1 amide bonds. The molecule has 122 valence electrons. The van der Waals surface area contributed by atoms with E-state index < -0.39 is 12.0 Å². The lowest BCUT2D eigenvalue weighted by molar-refractivity contribution is -0.137. The van der Waals surface area contributed by atoms with Crippen LogP contribution in [0.2, 0.25) is 0 Å². The molecule has 5 unspecified atom stereocenters. The van der Waals surface area contributed by atoms with Gasteiger partial charge in [-0.1, -0.05) is 28.1 Å². The average molecular weight is 378 g/mol. The van der Waals surface area contributed by atoms with Gasteiger partial charge < -0.3 is 10.4 Å². The summed E-state index contributed by atoms with van der Waals surface area (Å²) in [6.07, 6.45) is 3.78. The lowest BCUT2D eigenvalue weighted by Crippen LogP contribution is -2.33. The van der Waals surface area contributed by atoms with Crippen molar-refractivity contribution in [1.29, 1.82) is 0 Å². The number of halogens is 1. The summed E-state index contributed by atoms with van der Waals surface area (Å²) in [7, 11) is 0. The predicted octanol–water partition coefficient (Wildman–Crippen LogP) is 3.37. The Morgan fingerprint density at radius 3 is 2.57 bits per heavy atom. The number of hydrogen-bond donors (Lipinski definition) is 2. The highest BCUT2D eigenvalue weighted by Crippen LogP contribution is 2.69. The quantitative estimate of drug-likeness (QED) is 0.826. The van der Waals surface area contributed by atoms with Crippen LogP contribution in [0.25, 0.3) is 0 Å². The summed E-state index contributed by atoms with van der Waals surface area (Å²) in [6, 6.07) is 7.05. The van der Waals surface area contributed by atoms with E-state index in [4.69, 9.17) is 0 Å². The second kappa shape index (κ2) is 5.62. The van der Waals surface area contributed by atoms with Gasteiger partial charge in [0.15, 0.2) is 0 Å². The summed E-state index contributed by atoms with van der Waals surface area (Å²) in [5.74, 6) is 1.91. The number of carboxylic acid groups (broad SMARTS) is 1. The monoisotopic (exact) mass is 377 g/mol. The van der Waals surface area contributed by atoms with E-state index in [1.165, 1.54) is 19.3 Å². The molecule has 3 aliphatic rings. The van der Waals surface area contributed by atoms with Crippen LogP contribution >= 0.6 is 15.9 Å². The van der Waals surface area contributed by atoms with Gasteiger partial charge in [0.05, 0.1) is 12.5 Å². The van der Waals surface area contributed by atoms with Crippen molar-refractivity contribution in [3.8, 4) is 0 Å². The Balaban J connectivity index is 1.48. The molecule has 0 spiro atoms.